The van der Waals surface area contributed by atoms with Crippen LogP contribution in [0.1, 0.15) is 17.0 Å². The second kappa shape index (κ2) is 9.16. The second-order valence-corrected chi connectivity index (χ2v) is 10.3. The summed E-state index contributed by atoms with van der Waals surface area (Å²) < 4.78 is 43.4. The molecule has 0 radical (unpaired) electrons. The fourth-order valence-corrected chi connectivity index (χ4v) is 5.38. The number of anilines is 2. The predicted molar refractivity (Wildman–Crippen MR) is 127 cm³/mol. The summed E-state index contributed by atoms with van der Waals surface area (Å²) in [6, 6.07) is 16.0. The predicted octanol–water partition coefficient (Wildman–Crippen LogP) is 4.67. The summed E-state index contributed by atoms with van der Waals surface area (Å²) >= 11 is 1.13. The number of amides is 1. The van der Waals surface area contributed by atoms with Crippen LogP contribution in [-0.2, 0) is 21.2 Å². The average molecular weight is 485 g/mol. The van der Waals surface area contributed by atoms with Crippen LogP contribution in [0.25, 0.3) is 5.69 Å². The average Bonchev–Trinajstić information content (AvgIpc) is 3.40. The molecule has 2 heterocycles. The first-order chi connectivity index (χ1) is 15.7. The summed E-state index contributed by atoms with van der Waals surface area (Å²) in [4.78, 5) is 12.4. The van der Waals surface area contributed by atoms with Gasteiger partial charge in [0.05, 0.1) is 12.1 Å². The molecule has 4 rings (SSSR count). The number of hydrogen-bond acceptors (Lipinski definition) is 5. The highest BCUT2D eigenvalue weighted by Crippen LogP contribution is 2.22. The number of halogens is 1. The number of thiophene rings is 1. The minimum Gasteiger partial charge on any atom is -0.326 e. The van der Waals surface area contributed by atoms with E-state index >= 15 is 0 Å². The number of aromatic nitrogens is 2. The van der Waals surface area contributed by atoms with E-state index in [2.05, 4.69) is 15.1 Å². The van der Waals surface area contributed by atoms with Crippen LogP contribution in [0.4, 0.5) is 15.8 Å². The number of rotatable bonds is 7. The van der Waals surface area contributed by atoms with Crippen LogP contribution in [0, 0.1) is 19.7 Å². The molecule has 0 saturated carbocycles. The monoisotopic (exact) mass is 484 g/mol. The van der Waals surface area contributed by atoms with E-state index in [1.165, 1.54) is 16.8 Å². The highest BCUT2D eigenvalue weighted by molar-refractivity contribution is 7.94. The number of nitrogens with one attached hydrogen (secondary N) is 2. The molecule has 0 aliphatic rings. The van der Waals surface area contributed by atoms with E-state index in [-0.39, 0.29) is 16.5 Å². The molecular formula is C23H21FN4O3S2. The lowest BCUT2D eigenvalue weighted by atomic mass is 10.1. The Labute approximate surface area is 194 Å². The van der Waals surface area contributed by atoms with Gasteiger partial charge in [0.25, 0.3) is 10.0 Å². The van der Waals surface area contributed by atoms with Crippen LogP contribution in [0.3, 0.4) is 0 Å². The summed E-state index contributed by atoms with van der Waals surface area (Å²) in [5.41, 5.74) is 3.32. The molecule has 7 nitrogen and oxygen atoms in total. The number of carbonyl (C=O) groups excluding carboxylic acids is 1. The van der Waals surface area contributed by atoms with Crippen LogP contribution in [0.2, 0.25) is 0 Å². The van der Waals surface area contributed by atoms with E-state index in [1.807, 2.05) is 19.9 Å². The molecule has 33 heavy (non-hydrogen) atoms. The molecule has 0 fully saturated rings. The van der Waals surface area contributed by atoms with Crippen LogP contribution in [-0.4, -0.2) is 24.1 Å². The minimum atomic E-state index is -3.63. The van der Waals surface area contributed by atoms with Crippen molar-refractivity contribution in [3.63, 3.8) is 0 Å². The van der Waals surface area contributed by atoms with Gasteiger partial charge in [-0.3, -0.25) is 9.52 Å². The van der Waals surface area contributed by atoms with E-state index in [1.54, 1.807) is 47.8 Å². The number of nitrogens with zero attached hydrogens (tertiary/aromatic N) is 2. The molecule has 0 aliphatic heterocycles. The fourth-order valence-electron chi connectivity index (χ4n) is 3.33. The second-order valence-electron chi connectivity index (χ2n) is 7.46. The lowest BCUT2D eigenvalue weighted by Crippen LogP contribution is -2.15. The number of hydrogen-bond donors (Lipinski definition) is 2. The van der Waals surface area contributed by atoms with Gasteiger partial charge < -0.3 is 5.32 Å². The smallest absolute Gasteiger partial charge is 0.271 e. The molecule has 2 aromatic carbocycles. The van der Waals surface area contributed by atoms with Crippen LogP contribution in [0.15, 0.2) is 70.3 Å². The van der Waals surface area contributed by atoms with Gasteiger partial charge in [-0.2, -0.15) is 5.10 Å². The molecule has 0 unspecified atom stereocenters. The standard InChI is InChI=1S/C23H21FN4O3S2/c1-15-12-16(2)28(26-15)21-10-9-19(14-20(21)24)25-22(29)13-17-5-7-18(8-6-17)27-33(30,31)23-4-3-11-32-23/h3-12,14,27H,13H2,1-2H3,(H,25,29). The normalized spacial score (nSPS) is 11.4. The zero-order valence-electron chi connectivity index (χ0n) is 17.9. The maximum atomic E-state index is 14.6. The van der Waals surface area contributed by atoms with Gasteiger partial charge in [-0.1, -0.05) is 18.2 Å². The minimum absolute atomic E-state index is 0.0543. The quantitative estimate of drug-likeness (QED) is 0.399. The zero-order valence-corrected chi connectivity index (χ0v) is 19.5. The van der Waals surface area contributed by atoms with E-state index in [9.17, 15) is 17.6 Å². The first-order valence-electron chi connectivity index (χ1n) is 9.99. The molecule has 10 heteroatoms. The van der Waals surface area contributed by atoms with E-state index in [0.717, 1.165) is 22.7 Å². The molecule has 0 saturated heterocycles. The van der Waals surface area contributed by atoms with Crippen LogP contribution in [0.5, 0.6) is 0 Å². The molecule has 1 amide bonds. The summed E-state index contributed by atoms with van der Waals surface area (Å²) in [5, 5.41) is 8.65. The molecule has 0 bridgehead atoms. The Balaban J connectivity index is 1.39. The number of benzene rings is 2. The van der Waals surface area contributed by atoms with Gasteiger partial charge in [-0.15, -0.1) is 11.3 Å². The SMILES string of the molecule is Cc1cc(C)n(-c2ccc(NC(=O)Cc3ccc(NS(=O)(=O)c4cccs4)cc3)cc2F)n1. The van der Waals surface area contributed by atoms with Crippen molar-refractivity contribution >= 4 is 38.6 Å². The van der Waals surface area contributed by atoms with Gasteiger partial charge in [0.1, 0.15) is 9.90 Å². The Morgan fingerprint density at radius 1 is 1.06 bits per heavy atom. The third kappa shape index (κ3) is 5.29. The van der Waals surface area contributed by atoms with Crippen molar-refractivity contribution in [3.8, 4) is 5.69 Å². The molecule has 4 aromatic rings. The van der Waals surface area contributed by atoms with Gasteiger partial charge >= 0.3 is 0 Å². The molecule has 2 aromatic heterocycles. The Morgan fingerprint density at radius 2 is 1.79 bits per heavy atom. The Morgan fingerprint density at radius 3 is 2.39 bits per heavy atom. The van der Waals surface area contributed by atoms with Crippen molar-refractivity contribution < 1.29 is 17.6 Å². The Kier molecular flexibility index (Phi) is 6.30. The lowest BCUT2D eigenvalue weighted by molar-refractivity contribution is -0.115. The number of carbonyl (C=O) groups is 1. The van der Waals surface area contributed by atoms with E-state index in [4.69, 9.17) is 0 Å². The van der Waals surface area contributed by atoms with Crippen molar-refractivity contribution in [2.75, 3.05) is 10.0 Å². The topological polar surface area (TPSA) is 93.1 Å². The van der Waals surface area contributed by atoms with Gasteiger partial charge in [-0.05, 0) is 67.3 Å². The van der Waals surface area contributed by atoms with Crippen LogP contribution >= 0.6 is 11.3 Å². The molecule has 0 aliphatic carbocycles. The zero-order chi connectivity index (χ0) is 23.6. The van der Waals surface area contributed by atoms with E-state index < -0.39 is 15.8 Å². The summed E-state index contributed by atoms with van der Waals surface area (Å²) in [6.45, 7) is 3.68. The van der Waals surface area contributed by atoms with Gasteiger partial charge in [0.2, 0.25) is 5.91 Å². The highest BCUT2D eigenvalue weighted by atomic mass is 32.2. The molecular weight excluding hydrogens is 463 g/mol. The largest absolute Gasteiger partial charge is 0.326 e. The summed E-state index contributed by atoms with van der Waals surface area (Å²) in [7, 11) is -3.63. The van der Waals surface area contributed by atoms with Crippen molar-refractivity contribution in [2.24, 2.45) is 0 Å². The first kappa shape index (κ1) is 22.7. The molecule has 2 N–H and O–H groups in total. The van der Waals surface area contributed by atoms with Gasteiger partial charge in [0, 0.05) is 17.1 Å². The highest BCUT2D eigenvalue weighted by Gasteiger charge is 2.15. The number of sulfonamides is 1. The van der Waals surface area contributed by atoms with Crippen molar-refractivity contribution in [1.82, 2.24) is 9.78 Å². The lowest BCUT2D eigenvalue weighted by Gasteiger charge is -2.10. The van der Waals surface area contributed by atoms with E-state index in [0.29, 0.717) is 22.6 Å². The van der Waals surface area contributed by atoms with Crippen molar-refractivity contribution in [1.29, 1.82) is 0 Å². The first-order valence-corrected chi connectivity index (χ1v) is 12.4. The molecule has 170 valence electrons. The summed E-state index contributed by atoms with van der Waals surface area (Å²) in [6.07, 6.45) is 0.0543. The van der Waals surface area contributed by atoms with Crippen LogP contribution < -0.4 is 10.0 Å². The maximum absolute atomic E-state index is 14.6. The Bertz CT molecular complexity index is 1400. The maximum Gasteiger partial charge on any atom is 0.271 e. The molecule has 0 atom stereocenters. The molecule has 0 spiro atoms. The van der Waals surface area contributed by atoms with Crippen molar-refractivity contribution in [2.45, 2.75) is 24.5 Å². The summed E-state index contributed by atoms with van der Waals surface area (Å²) in [5.74, 6) is -0.818. The third-order valence-corrected chi connectivity index (χ3v) is 7.58. The van der Waals surface area contributed by atoms with Gasteiger partial charge in [-0.25, -0.2) is 17.5 Å². The van der Waals surface area contributed by atoms with Crippen molar-refractivity contribution in [3.05, 3.63) is 88.8 Å². The Hall–Kier alpha value is -3.50. The number of aryl methyl sites for hydroxylation is 2. The fraction of sp³-hybridized carbons (Fsp3) is 0.130. The third-order valence-electron chi connectivity index (χ3n) is 4.80. The van der Waals surface area contributed by atoms with Gasteiger partial charge in [0.15, 0.2) is 5.82 Å².